The van der Waals surface area contributed by atoms with Crippen molar-refractivity contribution in [3.63, 3.8) is 0 Å². The summed E-state index contributed by atoms with van der Waals surface area (Å²) < 4.78 is 1.11. The van der Waals surface area contributed by atoms with Gasteiger partial charge in [0, 0.05) is 12.6 Å². The third-order valence-electron chi connectivity index (χ3n) is 3.51. The smallest absolute Gasteiger partial charge is 0.321 e. The van der Waals surface area contributed by atoms with E-state index < -0.39 is 0 Å². The Labute approximate surface area is 122 Å². The number of thiazole rings is 1. The number of carbonyl (C=O) groups is 1. The highest BCUT2D eigenvalue weighted by Gasteiger charge is 2.32. The number of hydrogen-bond donors (Lipinski definition) is 1. The van der Waals surface area contributed by atoms with Gasteiger partial charge < -0.3 is 4.90 Å². The fraction of sp³-hybridized carbons (Fsp3) is 0.467. The van der Waals surface area contributed by atoms with Gasteiger partial charge in [-0.25, -0.2) is 9.78 Å². The lowest BCUT2D eigenvalue weighted by Crippen LogP contribution is -2.37. The number of rotatable bonds is 5. The number of amides is 2. The zero-order valence-corrected chi connectivity index (χ0v) is 12.4. The molecular formula is C15H19N3OS. The molecule has 0 spiro atoms. The zero-order valence-electron chi connectivity index (χ0n) is 11.6. The van der Waals surface area contributed by atoms with E-state index in [1.54, 1.807) is 0 Å². The molecule has 1 heterocycles. The van der Waals surface area contributed by atoms with Crippen molar-refractivity contribution in [1.29, 1.82) is 0 Å². The molecule has 3 rings (SSSR count). The van der Waals surface area contributed by atoms with Crippen LogP contribution in [0, 0.1) is 0 Å². The van der Waals surface area contributed by atoms with Crippen LogP contribution in [0.4, 0.5) is 9.93 Å². The highest BCUT2D eigenvalue weighted by Crippen LogP contribution is 2.29. The Morgan fingerprint density at radius 2 is 2.25 bits per heavy atom. The highest BCUT2D eigenvalue weighted by molar-refractivity contribution is 7.22. The van der Waals surface area contributed by atoms with E-state index in [9.17, 15) is 4.79 Å². The molecule has 0 saturated heterocycles. The molecule has 0 bridgehead atoms. The molecule has 0 unspecified atom stereocenters. The van der Waals surface area contributed by atoms with Crippen LogP contribution in [0.5, 0.6) is 0 Å². The van der Waals surface area contributed by atoms with Crippen LogP contribution in [0.1, 0.15) is 32.6 Å². The maximum Gasteiger partial charge on any atom is 0.323 e. The van der Waals surface area contributed by atoms with E-state index in [-0.39, 0.29) is 6.03 Å². The molecular weight excluding hydrogens is 270 g/mol. The van der Waals surface area contributed by atoms with Crippen molar-refractivity contribution in [2.45, 2.75) is 38.6 Å². The SMILES string of the molecule is CCCCN(C(=O)Nc1nc2ccccc2s1)C1CC1. The Morgan fingerprint density at radius 3 is 2.95 bits per heavy atom. The van der Waals surface area contributed by atoms with Crippen molar-refractivity contribution in [1.82, 2.24) is 9.88 Å². The number of urea groups is 1. The van der Waals surface area contributed by atoms with Crippen LogP contribution in [0.2, 0.25) is 0 Å². The van der Waals surface area contributed by atoms with Gasteiger partial charge in [0.05, 0.1) is 10.2 Å². The predicted octanol–water partition coefficient (Wildman–Crippen LogP) is 4.09. The third kappa shape index (κ3) is 2.93. The van der Waals surface area contributed by atoms with E-state index in [0.29, 0.717) is 11.2 Å². The first kappa shape index (κ1) is 13.4. The standard InChI is InChI=1S/C15H19N3OS/c1-2-3-10-18(11-8-9-11)15(19)17-14-16-12-6-4-5-7-13(12)20-14/h4-7,11H,2-3,8-10H2,1H3,(H,16,17,19). The number of para-hydroxylation sites is 1. The topological polar surface area (TPSA) is 45.2 Å². The molecule has 0 radical (unpaired) electrons. The quantitative estimate of drug-likeness (QED) is 0.901. The molecule has 1 aromatic carbocycles. The highest BCUT2D eigenvalue weighted by atomic mass is 32.1. The van der Waals surface area contributed by atoms with Gasteiger partial charge in [-0.2, -0.15) is 0 Å². The molecule has 20 heavy (non-hydrogen) atoms. The number of nitrogens with one attached hydrogen (secondary N) is 1. The zero-order chi connectivity index (χ0) is 13.9. The molecule has 1 fully saturated rings. The van der Waals surface area contributed by atoms with Gasteiger partial charge in [0.2, 0.25) is 0 Å². The van der Waals surface area contributed by atoms with Crippen molar-refractivity contribution in [2.75, 3.05) is 11.9 Å². The van der Waals surface area contributed by atoms with Crippen LogP contribution in [0.15, 0.2) is 24.3 Å². The van der Waals surface area contributed by atoms with Crippen LogP contribution in [0.3, 0.4) is 0 Å². The minimum absolute atomic E-state index is 0.00000567. The second-order valence-electron chi connectivity index (χ2n) is 5.20. The van der Waals surface area contributed by atoms with Crippen molar-refractivity contribution >= 4 is 32.7 Å². The van der Waals surface area contributed by atoms with Crippen LogP contribution < -0.4 is 5.32 Å². The molecule has 2 amide bonds. The maximum absolute atomic E-state index is 12.4. The molecule has 4 nitrogen and oxygen atoms in total. The number of benzene rings is 1. The largest absolute Gasteiger partial charge is 0.323 e. The van der Waals surface area contributed by atoms with E-state index >= 15 is 0 Å². The minimum Gasteiger partial charge on any atom is -0.321 e. The number of anilines is 1. The van der Waals surface area contributed by atoms with Gasteiger partial charge in [0.1, 0.15) is 0 Å². The number of carbonyl (C=O) groups excluding carboxylic acids is 1. The Hall–Kier alpha value is -1.62. The normalized spacial score (nSPS) is 14.4. The lowest BCUT2D eigenvalue weighted by molar-refractivity contribution is 0.208. The van der Waals surface area contributed by atoms with Gasteiger partial charge in [-0.1, -0.05) is 36.8 Å². The first-order valence-electron chi connectivity index (χ1n) is 7.21. The maximum atomic E-state index is 12.4. The number of aromatic nitrogens is 1. The molecule has 0 atom stereocenters. The Bertz CT molecular complexity index is 573. The van der Waals surface area contributed by atoms with Crippen molar-refractivity contribution in [3.05, 3.63) is 24.3 Å². The molecule has 5 heteroatoms. The van der Waals surface area contributed by atoms with Gasteiger partial charge in [-0.05, 0) is 31.4 Å². The number of fused-ring (bicyclic) bond motifs is 1. The van der Waals surface area contributed by atoms with Crippen molar-refractivity contribution in [3.8, 4) is 0 Å². The van der Waals surface area contributed by atoms with Gasteiger partial charge in [-0.15, -0.1) is 0 Å². The van der Waals surface area contributed by atoms with E-state index in [1.165, 1.54) is 11.3 Å². The molecule has 2 aromatic rings. The van der Waals surface area contributed by atoms with E-state index in [2.05, 4.69) is 17.2 Å². The van der Waals surface area contributed by atoms with Crippen LogP contribution in [0.25, 0.3) is 10.2 Å². The van der Waals surface area contributed by atoms with E-state index in [0.717, 1.165) is 42.4 Å². The lowest BCUT2D eigenvalue weighted by Gasteiger charge is -2.21. The predicted molar refractivity (Wildman–Crippen MR) is 83.3 cm³/mol. The van der Waals surface area contributed by atoms with Crippen molar-refractivity contribution in [2.24, 2.45) is 0 Å². The lowest BCUT2D eigenvalue weighted by atomic mass is 10.3. The summed E-state index contributed by atoms with van der Waals surface area (Å²) in [6, 6.07) is 8.39. The molecule has 106 valence electrons. The summed E-state index contributed by atoms with van der Waals surface area (Å²) in [5, 5.41) is 3.65. The molecule has 1 aliphatic rings. The summed E-state index contributed by atoms with van der Waals surface area (Å²) in [5.74, 6) is 0. The Balaban J connectivity index is 1.70. The fourth-order valence-corrected chi connectivity index (χ4v) is 3.11. The Morgan fingerprint density at radius 1 is 1.45 bits per heavy atom. The van der Waals surface area contributed by atoms with Crippen LogP contribution in [-0.2, 0) is 0 Å². The van der Waals surface area contributed by atoms with Crippen molar-refractivity contribution < 1.29 is 4.79 Å². The molecule has 1 N–H and O–H groups in total. The van der Waals surface area contributed by atoms with E-state index in [1.807, 2.05) is 29.2 Å². The summed E-state index contributed by atoms with van der Waals surface area (Å²) in [7, 11) is 0. The number of unbranched alkanes of at least 4 members (excludes halogenated alkanes) is 1. The Kier molecular flexibility index (Phi) is 3.87. The van der Waals surface area contributed by atoms with Gasteiger partial charge >= 0.3 is 6.03 Å². The summed E-state index contributed by atoms with van der Waals surface area (Å²) in [6.45, 7) is 2.99. The second kappa shape index (κ2) is 5.79. The van der Waals surface area contributed by atoms with Crippen LogP contribution >= 0.6 is 11.3 Å². The molecule has 0 aliphatic heterocycles. The summed E-state index contributed by atoms with van der Waals surface area (Å²) in [5.41, 5.74) is 0.944. The average molecular weight is 289 g/mol. The first-order valence-corrected chi connectivity index (χ1v) is 8.03. The second-order valence-corrected chi connectivity index (χ2v) is 6.23. The minimum atomic E-state index is 0.00000567. The first-order chi connectivity index (χ1) is 9.78. The molecule has 1 saturated carbocycles. The monoisotopic (exact) mass is 289 g/mol. The van der Waals surface area contributed by atoms with Crippen LogP contribution in [-0.4, -0.2) is 28.5 Å². The van der Waals surface area contributed by atoms with Gasteiger partial charge in [0.25, 0.3) is 0 Å². The average Bonchev–Trinajstić information content (AvgIpc) is 3.18. The van der Waals surface area contributed by atoms with E-state index in [4.69, 9.17) is 0 Å². The fourth-order valence-electron chi connectivity index (χ4n) is 2.25. The summed E-state index contributed by atoms with van der Waals surface area (Å²) in [4.78, 5) is 18.8. The van der Waals surface area contributed by atoms with Gasteiger partial charge in [0.15, 0.2) is 5.13 Å². The summed E-state index contributed by atoms with van der Waals surface area (Å²) >= 11 is 1.53. The third-order valence-corrected chi connectivity index (χ3v) is 4.46. The number of hydrogen-bond acceptors (Lipinski definition) is 3. The number of nitrogens with zero attached hydrogens (tertiary/aromatic N) is 2. The molecule has 1 aromatic heterocycles. The molecule has 1 aliphatic carbocycles. The van der Waals surface area contributed by atoms with Gasteiger partial charge in [-0.3, -0.25) is 5.32 Å². The summed E-state index contributed by atoms with van der Waals surface area (Å²) in [6.07, 6.45) is 4.44.